The molecule has 29 heavy (non-hydrogen) atoms. The van der Waals surface area contributed by atoms with E-state index >= 15 is 0 Å². The summed E-state index contributed by atoms with van der Waals surface area (Å²) in [6, 6.07) is 23.7. The lowest BCUT2D eigenvalue weighted by molar-refractivity contribution is -0.118. The molecule has 0 heterocycles. The summed E-state index contributed by atoms with van der Waals surface area (Å²) in [7, 11) is 0. The van der Waals surface area contributed by atoms with E-state index in [1.807, 2.05) is 56.3 Å². The maximum absolute atomic E-state index is 12.1. The first-order chi connectivity index (χ1) is 14.1. The van der Waals surface area contributed by atoms with Crippen LogP contribution in [-0.2, 0) is 11.2 Å². The van der Waals surface area contributed by atoms with E-state index in [1.165, 1.54) is 5.56 Å². The molecule has 1 N–H and O–H groups in total. The summed E-state index contributed by atoms with van der Waals surface area (Å²) < 4.78 is 11.4. The second kappa shape index (κ2) is 10.3. The van der Waals surface area contributed by atoms with Crippen molar-refractivity contribution in [3.63, 3.8) is 0 Å². The molecule has 0 bridgehead atoms. The van der Waals surface area contributed by atoms with Crippen LogP contribution in [0.4, 0.5) is 5.69 Å². The second-order valence-corrected chi connectivity index (χ2v) is 7.12. The largest absolute Gasteiger partial charge is 0.494 e. The summed E-state index contributed by atoms with van der Waals surface area (Å²) in [6.45, 7) is 4.64. The Morgan fingerprint density at radius 2 is 1.52 bits per heavy atom. The van der Waals surface area contributed by atoms with E-state index in [2.05, 4.69) is 35.6 Å². The zero-order valence-electron chi connectivity index (χ0n) is 17.0. The Balaban J connectivity index is 1.39. The fourth-order valence-corrected chi connectivity index (χ4v) is 3.11. The molecule has 0 unspecified atom stereocenters. The molecule has 150 valence electrons. The molecule has 1 amide bonds. The highest BCUT2D eigenvalue weighted by molar-refractivity contribution is 5.91. The molecular formula is C25H27NO3. The third-order valence-electron chi connectivity index (χ3n) is 4.42. The number of ether oxygens (including phenoxy) is 2. The molecule has 4 heteroatoms. The van der Waals surface area contributed by atoms with Gasteiger partial charge in [-0.05, 0) is 79.8 Å². The van der Waals surface area contributed by atoms with Crippen molar-refractivity contribution < 1.29 is 14.3 Å². The zero-order valence-corrected chi connectivity index (χ0v) is 17.0. The lowest BCUT2D eigenvalue weighted by Gasteiger charge is -2.10. The molecule has 0 aliphatic heterocycles. The highest BCUT2D eigenvalue weighted by atomic mass is 16.5. The molecule has 3 aromatic rings. The molecular weight excluding hydrogens is 362 g/mol. The van der Waals surface area contributed by atoms with Crippen molar-refractivity contribution in [3.8, 4) is 11.5 Å². The number of hydrogen-bond donors (Lipinski definition) is 1. The predicted octanol–water partition coefficient (Wildman–Crippen LogP) is 5.33. The van der Waals surface area contributed by atoms with E-state index in [9.17, 15) is 4.79 Å². The minimum Gasteiger partial charge on any atom is -0.494 e. The Labute approximate surface area is 172 Å². The average molecular weight is 389 g/mol. The Morgan fingerprint density at radius 1 is 0.828 bits per heavy atom. The number of carbonyl (C=O) groups is 1. The first-order valence-corrected chi connectivity index (χ1v) is 9.86. The molecule has 4 nitrogen and oxygen atoms in total. The van der Waals surface area contributed by atoms with E-state index in [4.69, 9.17) is 9.47 Å². The molecule has 0 aliphatic carbocycles. The Bertz CT molecular complexity index is 900. The van der Waals surface area contributed by atoms with E-state index in [0.29, 0.717) is 12.4 Å². The van der Waals surface area contributed by atoms with Crippen LogP contribution in [0.2, 0.25) is 0 Å². The summed E-state index contributed by atoms with van der Waals surface area (Å²) in [5.74, 6) is 1.31. The van der Waals surface area contributed by atoms with E-state index in [1.54, 1.807) is 0 Å². The van der Waals surface area contributed by atoms with Gasteiger partial charge in [0.1, 0.15) is 11.5 Å². The number of carbonyl (C=O) groups excluding carboxylic acids is 1. The quantitative estimate of drug-likeness (QED) is 0.503. The molecule has 0 saturated heterocycles. The van der Waals surface area contributed by atoms with Crippen LogP contribution in [0, 0.1) is 13.8 Å². The smallest absolute Gasteiger partial charge is 0.262 e. The Hall–Kier alpha value is -3.27. The maximum Gasteiger partial charge on any atom is 0.262 e. The van der Waals surface area contributed by atoms with Crippen molar-refractivity contribution in [2.24, 2.45) is 0 Å². The fraction of sp³-hybridized carbons (Fsp3) is 0.240. The average Bonchev–Trinajstić information content (AvgIpc) is 2.71. The highest BCUT2D eigenvalue weighted by Crippen LogP contribution is 2.18. The molecule has 0 aliphatic rings. The summed E-state index contributed by atoms with van der Waals surface area (Å²) in [6.07, 6.45) is 1.95. The molecule has 3 rings (SSSR count). The summed E-state index contributed by atoms with van der Waals surface area (Å²) in [5, 5.41) is 2.84. The predicted molar refractivity (Wildman–Crippen MR) is 117 cm³/mol. The van der Waals surface area contributed by atoms with Gasteiger partial charge in [0.05, 0.1) is 6.61 Å². The van der Waals surface area contributed by atoms with E-state index < -0.39 is 0 Å². The third-order valence-corrected chi connectivity index (χ3v) is 4.42. The Morgan fingerprint density at radius 3 is 2.21 bits per heavy atom. The normalized spacial score (nSPS) is 10.4. The van der Waals surface area contributed by atoms with Gasteiger partial charge >= 0.3 is 0 Å². The standard InChI is InChI=1S/C25H27NO3/c1-19-15-20(2)17-24(16-19)29-18-25(27)26-22-10-12-23(13-11-22)28-14-6-9-21-7-4-3-5-8-21/h3-5,7-8,10-13,15-17H,6,9,14,18H2,1-2H3,(H,26,27). The van der Waals surface area contributed by atoms with Crippen LogP contribution >= 0.6 is 0 Å². The van der Waals surface area contributed by atoms with Gasteiger partial charge in [-0.25, -0.2) is 0 Å². The summed E-state index contributed by atoms with van der Waals surface area (Å²) >= 11 is 0. The van der Waals surface area contributed by atoms with Gasteiger partial charge in [0.25, 0.3) is 5.91 Å². The second-order valence-electron chi connectivity index (χ2n) is 7.12. The molecule has 0 saturated carbocycles. The summed E-state index contributed by atoms with van der Waals surface area (Å²) in [4.78, 5) is 12.1. The van der Waals surface area contributed by atoms with Gasteiger partial charge in [-0.2, -0.15) is 0 Å². The maximum atomic E-state index is 12.1. The number of nitrogens with one attached hydrogen (secondary N) is 1. The fourth-order valence-electron chi connectivity index (χ4n) is 3.11. The number of anilines is 1. The highest BCUT2D eigenvalue weighted by Gasteiger charge is 2.05. The van der Waals surface area contributed by atoms with Crippen molar-refractivity contribution in [2.75, 3.05) is 18.5 Å². The lowest BCUT2D eigenvalue weighted by atomic mass is 10.1. The van der Waals surface area contributed by atoms with Crippen molar-refractivity contribution in [2.45, 2.75) is 26.7 Å². The minimum atomic E-state index is -0.194. The van der Waals surface area contributed by atoms with E-state index in [0.717, 1.165) is 35.4 Å². The van der Waals surface area contributed by atoms with Crippen molar-refractivity contribution in [1.29, 1.82) is 0 Å². The van der Waals surface area contributed by atoms with Crippen molar-refractivity contribution in [1.82, 2.24) is 0 Å². The van der Waals surface area contributed by atoms with Crippen LogP contribution in [0.5, 0.6) is 11.5 Å². The number of amides is 1. The first-order valence-electron chi connectivity index (χ1n) is 9.86. The van der Waals surface area contributed by atoms with Crippen molar-refractivity contribution in [3.05, 3.63) is 89.5 Å². The zero-order chi connectivity index (χ0) is 20.5. The molecule has 0 spiro atoms. The molecule has 0 fully saturated rings. The van der Waals surface area contributed by atoms with Crippen LogP contribution < -0.4 is 14.8 Å². The number of rotatable bonds is 9. The third kappa shape index (κ3) is 7.00. The molecule has 0 radical (unpaired) electrons. The minimum absolute atomic E-state index is 0.0272. The van der Waals surface area contributed by atoms with Gasteiger partial charge in [0.2, 0.25) is 0 Å². The van der Waals surface area contributed by atoms with E-state index in [-0.39, 0.29) is 12.5 Å². The van der Waals surface area contributed by atoms with Crippen LogP contribution in [-0.4, -0.2) is 19.1 Å². The van der Waals surface area contributed by atoms with Gasteiger partial charge in [0, 0.05) is 5.69 Å². The first kappa shape index (κ1) is 20.5. The van der Waals surface area contributed by atoms with Gasteiger partial charge in [0.15, 0.2) is 6.61 Å². The molecule has 0 atom stereocenters. The lowest BCUT2D eigenvalue weighted by Crippen LogP contribution is -2.20. The topological polar surface area (TPSA) is 47.6 Å². The Kier molecular flexibility index (Phi) is 7.28. The monoisotopic (exact) mass is 389 g/mol. The number of aryl methyl sites for hydroxylation is 3. The van der Waals surface area contributed by atoms with Crippen LogP contribution in [0.15, 0.2) is 72.8 Å². The molecule has 3 aromatic carbocycles. The van der Waals surface area contributed by atoms with Crippen LogP contribution in [0.1, 0.15) is 23.1 Å². The van der Waals surface area contributed by atoms with Gasteiger partial charge < -0.3 is 14.8 Å². The van der Waals surface area contributed by atoms with Crippen LogP contribution in [0.25, 0.3) is 0 Å². The number of hydrogen-bond acceptors (Lipinski definition) is 3. The number of benzene rings is 3. The van der Waals surface area contributed by atoms with Crippen LogP contribution in [0.3, 0.4) is 0 Å². The van der Waals surface area contributed by atoms with Gasteiger partial charge in [-0.15, -0.1) is 0 Å². The summed E-state index contributed by atoms with van der Waals surface area (Å²) in [5.41, 5.74) is 4.26. The van der Waals surface area contributed by atoms with Gasteiger partial charge in [-0.1, -0.05) is 36.4 Å². The SMILES string of the molecule is Cc1cc(C)cc(OCC(=O)Nc2ccc(OCCCc3ccccc3)cc2)c1. The van der Waals surface area contributed by atoms with Crippen molar-refractivity contribution >= 4 is 11.6 Å². The van der Waals surface area contributed by atoms with Gasteiger partial charge in [-0.3, -0.25) is 4.79 Å². The molecule has 0 aromatic heterocycles.